The number of carbonyl (C=O) groups excluding carboxylic acids is 2. The highest BCUT2D eigenvalue weighted by Crippen LogP contribution is 2.15. The predicted octanol–water partition coefficient (Wildman–Crippen LogP) is 2.67. The van der Waals surface area contributed by atoms with Crippen LogP contribution >= 0.6 is 0 Å². The van der Waals surface area contributed by atoms with Gasteiger partial charge in [0, 0.05) is 11.1 Å². The number of carbonyl (C=O) groups is 2. The minimum atomic E-state index is -1.03. The number of ether oxygens (including phenoxy) is 1. The lowest BCUT2D eigenvalue weighted by Gasteiger charge is -2.14. The van der Waals surface area contributed by atoms with E-state index in [-0.39, 0.29) is 5.69 Å². The third-order valence-corrected chi connectivity index (χ3v) is 4.17. The number of aromatic nitrogens is 2. The Bertz CT molecular complexity index is 1040. The highest BCUT2D eigenvalue weighted by molar-refractivity contribution is 6.03. The standard InChI is InChI=1S/C20H19N3O4/c1-3-13-8-10-14(11-9-13)21-18(24)12(2)27-20(26)17-15-6-4-5-7-16(15)19(25)23-22-17/h4-12H,3H2,1-2H3,(H,21,24)(H,23,25)/t12-/m0/s1. The molecule has 0 unspecified atom stereocenters. The number of fused-ring (bicyclic) bond motifs is 1. The number of amides is 1. The summed E-state index contributed by atoms with van der Waals surface area (Å²) >= 11 is 0. The summed E-state index contributed by atoms with van der Waals surface area (Å²) in [6, 6.07) is 14.0. The van der Waals surface area contributed by atoms with Crippen LogP contribution in [0.5, 0.6) is 0 Å². The van der Waals surface area contributed by atoms with Gasteiger partial charge in [0.25, 0.3) is 11.5 Å². The average molecular weight is 365 g/mol. The predicted molar refractivity (Wildman–Crippen MR) is 102 cm³/mol. The first-order chi connectivity index (χ1) is 13.0. The molecule has 3 rings (SSSR count). The van der Waals surface area contributed by atoms with Crippen molar-refractivity contribution in [3.8, 4) is 0 Å². The molecule has 7 nitrogen and oxygen atoms in total. The zero-order valence-corrected chi connectivity index (χ0v) is 15.0. The normalized spacial score (nSPS) is 11.8. The van der Waals surface area contributed by atoms with Crippen molar-refractivity contribution in [2.24, 2.45) is 0 Å². The van der Waals surface area contributed by atoms with E-state index in [1.807, 2.05) is 19.1 Å². The van der Waals surface area contributed by atoms with Gasteiger partial charge in [-0.25, -0.2) is 9.89 Å². The Morgan fingerprint density at radius 1 is 1.11 bits per heavy atom. The molecule has 0 aliphatic heterocycles. The molecule has 2 N–H and O–H groups in total. The Morgan fingerprint density at radius 2 is 1.78 bits per heavy atom. The van der Waals surface area contributed by atoms with Crippen LogP contribution in [-0.4, -0.2) is 28.2 Å². The molecular weight excluding hydrogens is 346 g/mol. The van der Waals surface area contributed by atoms with Crippen LogP contribution in [-0.2, 0) is 16.0 Å². The Hall–Kier alpha value is -3.48. The number of nitrogens with one attached hydrogen (secondary N) is 2. The highest BCUT2D eigenvalue weighted by atomic mass is 16.5. The quantitative estimate of drug-likeness (QED) is 0.677. The molecule has 138 valence electrons. The van der Waals surface area contributed by atoms with E-state index in [0.29, 0.717) is 16.5 Å². The van der Waals surface area contributed by atoms with Crippen LogP contribution in [0.1, 0.15) is 29.9 Å². The fourth-order valence-electron chi connectivity index (χ4n) is 2.61. The topological polar surface area (TPSA) is 101 Å². The van der Waals surface area contributed by atoms with Crippen LogP contribution in [0.15, 0.2) is 53.3 Å². The number of benzene rings is 2. The van der Waals surface area contributed by atoms with Gasteiger partial charge in [-0.05, 0) is 37.1 Å². The summed E-state index contributed by atoms with van der Waals surface area (Å²) in [5.41, 5.74) is 1.33. The summed E-state index contributed by atoms with van der Waals surface area (Å²) in [4.78, 5) is 36.5. The number of hydrogen-bond acceptors (Lipinski definition) is 5. The van der Waals surface area contributed by atoms with Crippen LogP contribution in [0.25, 0.3) is 10.8 Å². The van der Waals surface area contributed by atoms with Gasteiger partial charge in [0.2, 0.25) is 0 Å². The van der Waals surface area contributed by atoms with E-state index in [9.17, 15) is 14.4 Å². The van der Waals surface area contributed by atoms with Crippen molar-refractivity contribution in [2.75, 3.05) is 5.32 Å². The summed E-state index contributed by atoms with van der Waals surface area (Å²) < 4.78 is 5.23. The van der Waals surface area contributed by atoms with E-state index < -0.39 is 23.5 Å². The van der Waals surface area contributed by atoms with E-state index in [1.54, 1.807) is 36.4 Å². The van der Waals surface area contributed by atoms with Gasteiger partial charge in [0.15, 0.2) is 11.8 Å². The lowest BCUT2D eigenvalue weighted by atomic mass is 10.1. The smallest absolute Gasteiger partial charge is 0.360 e. The van der Waals surface area contributed by atoms with Gasteiger partial charge in [0.1, 0.15) is 0 Å². The molecule has 1 atom stereocenters. The number of aromatic amines is 1. The molecule has 3 aromatic rings. The number of H-pyrrole nitrogens is 1. The Balaban J connectivity index is 1.72. The van der Waals surface area contributed by atoms with Crippen molar-refractivity contribution >= 4 is 28.3 Å². The van der Waals surface area contributed by atoms with Crippen LogP contribution < -0.4 is 10.9 Å². The molecule has 0 aliphatic carbocycles. The molecule has 1 aromatic heterocycles. The van der Waals surface area contributed by atoms with Crippen molar-refractivity contribution in [3.05, 3.63) is 70.1 Å². The molecule has 0 radical (unpaired) electrons. The monoisotopic (exact) mass is 365 g/mol. The van der Waals surface area contributed by atoms with Crippen molar-refractivity contribution in [1.82, 2.24) is 10.2 Å². The van der Waals surface area contributed by atoms with Crippen molar-refractivity contribution in [3.63, 3.8) is 0 Å². The van der Waals surface area contributed by atoms with Crippen molar-refractivity contribution in [1.29, 1.82) is 0 Å². The Labute approximate surface area is 155 Å². The zero-order valence-electron chi connectivity index (χ0n) is 15.0. The van der Waals surface area contributed by atoms with Gasteiger partial charge >= 0.3 is 5.97 Å². The molecule has 0 bridgehead atoms. The molecule has 7 heteroatoms. The number of rotatable bonds is 5. The zero-order chi connectivity index (χ0) is 19.4. The average Bonchev–Trinajstić information content (AvgIpc) is 2.69. The third kappa shape index (κ3) is 4.03. The van der Waals surface area contributed by atoms with Crippen molar-refractivity contribution < 1.29 is 14.3 Å². The van der Waals surface area contributed by atoms with Crippen LogP contribution in [0.3, 0.4) is 0 Å². The number of esters is 1. The second-order valence-electron chi connectivity index (χ2n) is 6.03. The van der Waals surface area contributed by atoms with E-state index in [4.69, 9.17) is 4.74 Å². The van der Waals surface area contributed by atoms with Crippen molar-refractivity contribution in [2.45, 2.75) is 26.4 Å². The molecule has 2 aromatic carbocycles. The van der Waals surface area contributed by atoms with Gasteiger partial charge in [-0.3, -0.25) is 9.59 Å². The summed E-state index contributed by atoms with van der Waals surface area (Å²) in [7, 11) is 0. The SMILES string of the molecule is CCc1ccc(NC(=O)[C@H](C)OC(=O)c2n[nH]c(=O)c3ccccc23)cc1. The maximum absolute atomic E-state index is 12.4. The molecule has 27 heavy (non-hydrogen) atoms. The highest BCUT2D eigenvalue weighted by Gasteiger charge is 2.22. The fourth-order valence-corrected chi connectivity index (χ4v) is 2.61. The second-order valence-corrected chi connectivity index (χ2v) is 6.03. The first-order valence-corrected chi connectivity index (χ1v) is 8.57. The lowest BCUT2D eigenvalue weighted by Crippen LogP contribution is -2.30. The summed E-state index contributed by atoms with van der Waals surface area (Å²) in [5.74, 6) is -1.24. The number of hydrogen-bond donors (Lipinski definition) is 2. The number of aryl methyl sites for hydroxylation is 1. The van der Waals surface area contributed by atoms with Crippen LogP contribution in [0.2, 0.25) is 0 Å². The van der Waals surface area contributed by atoms with E-state index in [0.717, 1.165) is 12.0 Å². The molecule has 0 saturated heterocycles. The largest absolute Gasteiger partial charge is 0.448 e. The Morgan fingerprint density at radius 3 is 2.44 bits per heavy atom. The van der Waals surface area contributed by atoms with Gasteiger partial charge < -0.3 is 10.1 Å². The first kappa shape index (κ1) is 18.3. The summed E-state index contributed by atoms with van der Waals surface area (Å²) in [6.45, 7) is 3.52. The van der Waals surface area contributed by atoms with Gasteiger partial charge in [-0.2, -0.15) is 5.10 Å². The second kappa shape index (κ2) is 7.82. The number of nitrogens with zero attached hydrogens (tertiary/aromatic N) is 1. The molecule has 1 heterocycles. The van der Waals surface area contributed by atoms with Gasteiger partial charge in [0.05, 0.1) is 5.39 Å². The molecule has 0 spiro atoms. The van der Waals surface area contributed by atoms with E-state index >= 15 is 0 Å². The van der Waals surface area contributed by atoms with Gasteiger partial charge in [-0.15, -0.1) is 0 Å². The first-order valence-electron chi connectivity index (χ1n) is 8.57. The third-order valence-electron chi connectivity index (χ3n) is 4.17. The Kier molecular flexibility index (Phi) is 5.30. The molecule has 1 amide bonds. The van der Waals surface area contributed by atoms with E-state index in [2.05, 4.69) is 15.5 Å². The number of anilines is 1. The van der Waals surface area contributed by atoms with Crippen LogP contribution in [0.4, 0.5) is 5.69 Å². The molecule has 0 aliphatic rings. The maximum atomic E-state index is 12.4. The van der Waals surface area contributed by atoms with E-state index in [1.165, 1.54) is 6.92 Å². The molecule has 0 saturated carbocycles. The fraction of sp³-hybridized carbons (Fsp3) is 0.200. The van der Waals surface area contributed by atoms with Crippen LogP contribution in [0, 0.1) is 0 Å². The lowest BCUT2D eigenvalue weighted by molar-refractivity contribution is -0.123. The summed E-state index contributed by atoms with van der Waals surface area (Å²) in [5, 5.41) is 9.45. The molecular formula is C20H19N3O4. The minimum Gasteiger partial charge on any atom is -0.448 e. The minimum absolute atomic E-state index is 0.0443. The summed E-state index contributed by atoms with van der Waals surface area (Å²) in [6.07, 6.45) is -0.127. The molecule has 0 fully saturated rings. The van der Waals surface area contributed by atoms with Gasteiger partial charge in [-0.1, -0.05) is 37.3 Å². The maximum Gasteiger partial charge on any atom is 0.360 e.